The van der Waals surface area contributed by atoms with Crippen molar-refractivity contribution < 1.29 is 19.1 Å². The maximum Gasteiger partial charge on any atom is 0.341 e. The van der Waals surface area contributed by atoms with Crippen molar-refractivity contribution in [1.82, 2.24) is 14.8 Å². The Kier molecular flexibility index (Phi) is 9.51. The van der Waals surface area contributed by atoms with Crippen molar-refractivity contribution in [3.05, 3.63) is 63.3 Å². The number of amides is 1. The average Bonchev–Trinajstić information content (AvgIpc) is 3.46. The van der Waals surface area contributed by atoms with Crippen molar-refractivity contribution in [2.24, 2.45) is 0 Å². The van der Waals surface area contributed by atoms with Crippen LogP contribution in [0.1, 0.15) is 65.0 Å². The van der Waals surface area contributed by atoms with Gasteiger partial charge < -0.3 is 14.8 Å². The molecule has 0 bridgehead atoms. The van der Waals surface area contributed by atoms with E-state index in [0.29, 0.717) is 38.9 Å². The molecule has 0 saturated carbocycles. The molecule has 1 aliphatic rings. The van der Waals surface area contributed by atoms with E-state index in [2.05, 4.69) is 22.1 Å². The smallest absolute Gasteiger partial charge is 0.341 e. The van der Waals surface area contributed by atoms with E-state index in [1.54, 1.807) is 19.1 Å². The highest BCUT2D eigenvalue weighted by atomic mass is 35.5. The number of hydrogen-bond donors (Lipinski definition) is 1. The zero-order chi connectivity index (χ0) is 27.2. The molecule has 4 rings (SSSR count). The summed E-state index contributed by atoms with van der Waals surface area (Å²) in [5.41, 5.74) is 2.44. The van der Waals surface area contributed by atoms with Crippen LogP contribution in [0.3, 0.4) is 0 Å². The molecular weight excluding hydrogens is 544 g/mol. The first-order valence-electron chi connectivity index (χ1n) is 12.5. The van der Waals surface area contributed by atoms with Crippen LogP contribution in [0, 0.1) is 6.92 Å². The molecule has 0 fully saturated rings. The van der Waals surface area contributed by atoms with Crippen LogP contribution in [-0.2, 0) is 28.9 Å². The van der Waals surface area contributed by atoms with Crippen LogP contribution in [0.4, 0.5) is 5.00 Å². The number of fused-ring (bicyclic) bond motifs is 1. The van der Waals surface area contributed by atoms with Crippen molar-refractivity contribution in [2.75, 3.05) is 17.7 Å². The minimum atomic E-state index is -0.393. The predicted molar refractivity (Wildman–Crippen MR) is 152 cm³/mol. The SMILES string of the molecule is C=CCn1c(SCC(=O)Nc2sc3c(c2C(=O)OCC)CCCC3)nnc1C(C)Oc1ccc(Cl)c(C)c1. The number of anilines is 1. The number of nitrogens with one attached hydrogen (secondary N) is 1. The summed E-state index contributed by atoms with van der Waals surface area (Å²) in [6.45, 7) is 10.2. The molecule has 202 valence electrons. The van der Waals surface area contributed by atoms with Gasteiger partial charge in [0.15, 0.2) is 17.1 Å². The third-order valence-corrected chi connectivity index (χ3v) is 8.70. The maximum absolute atomic E-state index is 13.0. The molecule has 0 saturated heterocycles. The van der Waals surface area contributed by atoms with Gasteiger partial charge in [-0.25, -0.2) is 4.79 Å². The summed E-state index contributed by atoms with van der Waals surface area (Å²) in [7, 11) is 0. The number of ether oxygens (including phenoxy) is 2. The Balaban J connectivity index is 1.46. The molecule has 1 N–H and O–H groups in total. The van der Waals surface area contributed by atoms with Crippen LogP contribution < -0.4 is 10.1 Å². The van der Waals surface area contributed by atoms with Gasteiger partial charge in [-0.2, -0.15) is 0 Å². The highest BCUT2D eigenvalue weighted by Gasteiger charge is 2.27. The standard InChI is InChI=1S/C27H31ClN4O4S2/c1-5-13-32-24(17(4)36-18-11-12-20(28)16(3)14-18)30-31-27(32)37-15-22(33)29-25-23(26(34)35-6-2)19-9-7-8-10-21(19)38-25/h5,11-12,14,17H,1,6-10,13,15H2,2-4H3,(H,29,33). The van der Waals surface area contributed by atoms with Gasteiger partial charge >= 0.3 is 5.97 Å². The van der Waals surface area contributed by atoms with E-state index in [4.69, 9.17) is 21.1 Å². The fourth-order valence-corrected chi connectivity index (χ4v) is 6.49. The molecule has 1 aromatic carbocycles. The lowest BCUT2D eigenvalue weighted by atomic mass is 9.95. The fraction of sp³-hybridized carbons (Fsp3) is 0.407. The highest BCUT2D eigenvalue weighted by molar-refractivity contribution is 7.99. The van der Waals surface area contributed by atoms with Gasteiger partial charge in [0.2, 0.25) is 5.91 Å². The van der Waals surface area contributed by atoms with E-state index < -0.39 is 6.10 Å². The Hall–Kier alpha value is -2.82. The molecule has 1 atom stereocenters. The number of carbonyl (C=O) groups excluding carboxylic acids is 2. The number of thioether (sulfide) groups is 1. The second kappa shape index (κ2) is 12.8. The molecule has 0 spiro atoms. The first-order valence-corrected chi connectivity index (χ1v) is 14.7. The molecule has 8 nitrogen and oxygen atoms in total. The van der Waals surface area contributed by atoms with E-state index in [1.165, 1.54) is 23.1 Å². The molecule has 0 radical (unpaired) electrons. The van der Waals surface area contributed by atoms with Crippen molar-refractivity contribution in [2.45, 2.75) is 64.3 Å². The molecule has 2 aromatic heterocycles. The second-order valence-electron chi connectivity index (χ2n) is 8.88. The summed E-state index contributed by atoms with van der Waals surface area (Å²) < 4.78 is 13.3. The van der Waals surface area contributed by atoms with Crippen molar-refractivity contribution in [1.29, 1.82) is 0 Å². The molecule has 1 amide bonds. The topological polar surface area (TPSA) is 95.3 Å². The number of carbonyl (C=O) groups is 2. The number of thiophene rings is 1. The molecule has 0 aliphatic heterocycles. The monoisotopic (exact) mass is 574 g/mol. The quantitative estimate of drug-likeness (QED) is 0.160. The number of nitrogens with zero attached hydrogens (tertiary/aromatic N) is 3. The maximum atomic E-state index is 13.0. The van der Waals surface area contributed by atoms with Gasteiger partial charge in [0.05, 0.1) is 17.9 Å². The zero-order valence-corrected chi connectivity index (χ0v) is 24.1. The molecule has 11 heteroatoms. The number of aromatic nitrogens is 3. The predicted octanol–water partition coefficient (Wildman–Crippen LogP) is 6.41. The number of rotatable bonds is 11. The first kappa shape index (κ1) is 28.2. The first-order chi connectivity index (χ1) is 18.3. The Morgan fingerprint density at radius 3 is 2.84 bits per heavy atom. The van der Waals surface area contributed by atoms with Crippen LogP contribution in [0.5, 0.6) is 5.75 Å². The lowest BCUT2D eigenvalue weighted by Gasteiger charge is -2.16. The number of allylic oxidation sites excluding steroid dienone is 1. The summed E-state index contributed by atoms with van der Waals surface area (Å²) in [4.78, 5) is 26.8. The Morgan fingerprint density at radius 2 is 2.11 bits per heavy atom. The Labute approximate surface area is 235 Å². The van der Waals surface area contributed by atoms with Crippen molar-refractivity contribution >= 4 is 51.6 Å². The molecule has 1 aliphatic carbocycles. The number of hydrogen-bond acceptors (Lipinski definition) is 8. The summed E-state index contributed by atoms with van der Waals surface area (Å²) in [6, 6.07) is 5.48. The Bertz CT molecular complexity index is 1340. The highest BCUT2D eigenvalue weighted by Crippen LogP contribution is 2.39. The number of aryl methyl sites for hydroxylation is 2. The van der Waals surface area contributed by atoms with E-state index in [9.17, 15) is 9.59 Å². The third-order valence-electron chi connectivity index (χ3n) is 6.10. The van der Waals surface area contributed by atoms with E-state index in [0.717, 1.165) is 41.7 Å². The summed E-state index contributed by atoms with van der Waals surface area (Å²) in [6.07, 6.45) is 5.21. The molecule has 3 aromatic rings. The molecule has 38 heavy (non-hydrogen) atoms. The van der Waals surface area contributed by atoms with Crippen LogP contribution in [0.15, 0.2) is 36.0 Å². The zero-order valence-electron chi connectivity index (χ0n) is 21.7. The van der Waals surface area contributed by atoms with Crippen molar-refractivity contribution in [3.63, 3.8) is 0 Å². The fourth-order valence-electron chi connectivity index (χ4n) is 4.32. The van der Waals surface area contributed by atoms with Gasteiger partial charge in [-0.1, -0.05) is 29.4 Å². The molecule has 1 unspecified atom stereocenters. The van der Waals surface area contributed by atoms with Gasteiger partial charge in [-0.05, 0) is 75.8 Å². The van der Waals surface area contributed by atoms with Crippen molar-refractivity contribution in [3.8, 4) is 5.75 Å². The van der Waals surface area contributed by atoms with Gasteiger partial charge in [0, 0.05) is 16.4 Å². The summed E-state index contributed by atoms with van der Waals surface area (Å²) in [5.74, 6) is 0.795. The van der Waals surface area contributed by atoms with E-state index >= 15 is 0 Å². The van der Waals surface area contributed by atoms with Crippen LogP contribution in [-0.4, -0.2) is 39.0 Å². The summed E-state index contributed by atoms with van der Waals surface area (Å²) >= 11 is 8.87. The van der Waals surface area contributed by atoms with E-state index in [1.807, 2.05) is 30.5 Å². The lowest BCUT2D eigenvalue weighted by molar-refractivity contribution is -0.113. The lowest BCUT2D eigenvalue weighted by Crippen LogP contribution is -2.17. The number of halogens is 1. The minimum Gasteiger partial charge on any atom is -0.483 e. The largest absolute Gasteiger partial charge is 0.483 e. The van der Waals surface area contributed by atoms with Gasteiger partial charge in [0.25, 0.3) is 0 Å². The minimum absolute atomic E-state index is 0.103. The van der Waals surface area contributed by atoms with Gasteiger partial charge in [0.1, 0.15) is 10.8 Å². The molecule has 2 heterocycles. The number of esters is 1. The Morgan fingerprint density at radius 1 is 1.32 bits per heavy atom. The van der Waals surface area contributed by atoms with Crippen LogP contribution in [0.25, 0.3) is 0 Å². The summed E-state index contributed by atoms with van der Waals surface area (Å²) in [5, 5.41) is 13.4. The van der Waals surface area contributed by atoms with Gasteiger partial charge in [-0.15, -0.1) is 28.1 Å². The van der Waals surface area contributed by atoms with E-state index in [-0.39, 0.29) is 24.2 Å². The number of benzene rings is 1. The second-order valence-corrected chi connectivity index (χ2v) is 11.3. The normalized spacial score (nSPS) is 13.5. The molecular formula is C27H31ClN4O4S2. The third kappa shape index (κ3) is 6.42. The van der Waals surface area contributed by atoms with Crippen LogP contribution >= 0.6 is 34.7 Å². The average molecular weight is 575 g/mol. The van der Waals surface area contributed by atoms with Crippen LogP contribution in [0.2, 0.25) is 5.02 Å². The van der Waals surface area contributed by atoms with Gasteiger partial charge in [-0.3, -0.25) is 9.36 Å².